The van der Waals surface area contributed by atoms with E-state index >= 15 is 0 Å². The molecule has 0 aliphatic rings. The molecular formula is C9H11N5O2. The number of hydrogen-bond donors (Lipinski definition) is 2. The molecule has 2 rings (SSSR count). The van der Waals surface area contributed by atoms with Crippen molar-refractivity contribution in [3.63, 3.8) is 0 Å². The molecule has 84 valence electrons. The second kappa shape index (κ2) is 4.05. The molecule has 0 unspecified atom stereocenters. The van der Waals surface area contributed by atoms with Crippen LogP contribution in [0.25, 0.3) is 0 Å². The molecule has 0 fully saturated rings. The summed E-state index contributed by atoms with van der Waals surface area (Å²) in [5.41, 5.74) is 6.32. The number of nitrogens with zero attached hydrogens (tertiary/aromatic N) is 3. The Hall–Kier alpha value is -2.31. The predicted octanol–water partition coefficient (Wildman–Crippen LogP) is 0.726. The molecule has 0 atom stereocenters. The highest BCUT2D eigenvalue weighted by molar-refractivity contribution is 6.05. The maximum atomic E-state index is 11.8. The molecule has 0 saturated carbocycles. The van der Waals surface area contributed by atoms with E-state index in [1.165, 1.54) is 17.1 Å². The van der Waals surface area contributed by atoms with Crippen molar-refractivity contribution in [3.8, 4) is 0 Å². The number of rotatable bonds is 3. The van der Waals surface area contributed by atoms with Gasteiger partial charge in [0.25, 0.3) is 5.91 Å². The molecule has 16 heavy (non-hydrogen) atoms. The molecular weight excluding hydrogens is 210 g/mol. The largest absolute Gasteiger partial charge is 0.396 e. The number of carbonyl (C=O) groups excluding carboxylic acids is 1. The van der Waals surface area contributed by atoms with E-state index in [0.29, 0.717) is 23.7 Å². The van der Waals surface area contributed by atoms with Crippen LogP contribution in [0, 0.1) is 0 Å². The second-order valence-corrected chi connectivity index (χ2v) is 3.10. The molecule has 0 spiro atoms. The van der Waals surface area contributed by atoms with Gasteiger partial charge in [0, 0.05) is 12.6 Å². The van der Waals surface area contributed by atoms with Crippen LogP contribution in [0.5, 0.6) is 0 Å². The molecule has 0 radical (unpaired) electrons. The van der Waals surface area contributed by atoms with Crippen LogP contribution in [0.1, 0.15) is 17.4 Å². The zero-order valence-corrected chi connectivity index (χ0v) is 8.67. The van der Waals surface area contributed by atoms with E-state index in [-0.39, 0.29) is 5.91 Å². The van der Waals surface area contributed by atoms with E-state index in [0.717, 1.165) is 0 Å². The van der Waals surface area contributed by atoms with Crippen LogP contribution in [-0.2, 0) is 6.54 Å². The lowest BCUT2D eigenvalue weighted by atomic mass is 10.3. The zero-order valence-electron chi connectivity index (χ0n) is 8.67. The first-order valence-corrected chi connectivity index (χ1v) is 4.75. The molecule has 2 aromatic rings. The molecule has 2 heterocycles. The van der Waals surface area contributed by atoms with Gasteiger partial charge in [-0.1, -0.05) is 5.16 Å². The summed E-state index contributed by atoms with van der Waals surface area (Å²) in [4.78, 5) is 11.8. The molecule has 2 aromatic heterocycles. The fourth-order valence-corrected chi connectivity index (χ4v) is 1.34. The maximum absolute atomic E-state index is 11.8. The number of carbonyl (C=O) groups is 1. The standard InChI is InChI=1S/C9H11N5O2/c1-2-14-8(6(10)5-11-14)9(15)12-7-3-4-16-13-7/h3-5H,2,10H2,1H3,(H,12,13,15). The van der Waals surface area contributed by atoms with Crippen molar-refractivity contribution in [1.82, 2.24) is 14.9 Å². The predicted molar refractivity (Wildman–Crippen MR) is 56.8 cm³/mol. The van der Waals surface area contributed by atoms with Gasteiger partial charge in [0.15, 0.2) is 5.82 Å². The molecule has 0 aliphatic carbocycles. The zero-order chi connectivity index (χ0) is 11.5. The number of aryl methyl sites for hydroxylation is 1. The van der Waals surface area contributed by atoms with Crippen LogP contribution in [0.2, 0.25) is 0 Å². The summed E-state index contributed by atoms with van der Waals surface area (Å²) in [7, 11) is 0. The molecule has 0 aliphatic heterocycles. The van der Waals surface area contributed by atoms with Gasteiger partial charge in [-0.3, -0.25) is 9.48 Å². The van der Waals surface area contributed by atoms with Gasteiger partial charge in [-0.2, -0.15) is 5.10 Å². The van der Waals surface area contributed by atoms with Crippen molar-refractivity contribution in [2.24, 2.45) is 0 Å². The van der Waals surface area contributed by atoms with Gasteiger partial charge in [-0.25, -0.2) is 0 Å². The fraction of sp³-hybridized carbons (Fsp3) is 0.222. The van der Waals surface area contributed by atoms with Gasteiger partial charge in [0.1, 0.15) is 12.0 Å². The Morgan fingerprint density at radius 2 is 2.50 bits per heavy atom. The number of nitrogens with one attached hydrogen (secondary N) is 1. The quantitative estimate of drug-likeness (QED) is 0.795. The summed E-state index contributed by atoms with van der Waals surface area (Å²) in [5, 5.41) is 10.1. The van der Waals surface area contributed by atoms with E-state index in [2.05, 4.69) is 20.1 Å². The van der Waals surface area contributed by atoms with E-state index in [4.69, 9.17) is 5.73 Å². The lowest BCUT2D eigenvalue weighted by molar-refractivity contribution is 0.101. The number of nitrogens with two attached hydrogens (primary N) is 1. The van der Waals surface area contributed by atoms with Crippen LogP contribution in [0.4, 0.5) is 11.5 Å². The normalized spacial score (nSPS) is 10.3. The molecule has 0 saturated heterocycles. The highest BCUT2D eigenvalue weighted by Crippen LogP contribution is 2.13. The lowest BCUT2D eigenvalue weighted by Crippen LogP contribution is -2.18. The van der Waals surface area contributed by atoms with Crippen molar-refractivity contribution >= 4 is 17.4 Å². The highest BCUT2D eigenvalue weighted by atomic mass is 16.5. The Morgan fingerprint density at radius 1 is 1.69 bits per heavy atom. The number of anilines is 2. The SMILES string of the molecule is CCn1ncc(N)c1C(=O)Nc1ccon1. The van der Waals surface area contributed by atoms with Crippen LogP contribution < -0.4 is 11.1 Å². The van der Waals surface area contributed by atoms with Crippen LogP contribution in [-0.4, -0.2) is 20.8 Å². The number of amides is 1. The Labute approximate surface area is 91.2 Å². The first-order valence-electron chi connectivity index (χ1n) is 4.75. The van der Waals surface area contributed by atoms with Crippen molar-refractivity contribution in [2.75, 3.05) is 11.1 Å². The van der Waals surface area contributed by atoms with Crippen molar-refractivity contribution in [2.45, 2.75) is 13.5 Å². The first-order chi connectivity index (χ1) is 7.72. The van der Waals surface area contributed by atoms with E-state index in [1.807, 2.05) is 6.92 Å². The molecule has 7 nitrogen and oxygen atoms in total. The maximum Gasteiger partial charge on any atom is 0.277 e. The average Bonchev–Trinajstić information content (AvgIpc) is 2.87. The van der Waals surface area contributed by atoms with Gasteiger partial charge < -0.3 is 15.6 Å². The topological polar surface area (TPSA) is 99.0 Å². The minimum absolute atomic E-state index is 0.325. The number of aromatic nitrogens is 3. The summed E-state index contributed by atoms with van der Waals surface area (Å²) < 4.78 is 6.12. The third-order valence-electron chi connectivity index (χ3n) is 2.06. The Balaban J connectivity index is 2.23. The third kappa shape index (κ3) is 1.74. The molecule has 1 amide bonds. The summed E-state index contributed by atoms with van der Waals surface area (Å²) in [6.45, 7) is 2.44. The molecule has 0 bridgehead atoms. The average molecular weight is 221 g/mol. The van der Waals surface area contributed by atoms with Gasteiger partial charge in [-0.15, -0.1) is 0 Å². The van der Waals surface area contributed by atoms with Gasteiger partial charge >= 0.3 is 0 Å². The summed E-state index contributed by atoms with van der Waals surface area (Å²) in [6, 6.07) is 1.54. The van der Waals surface area contributed by atoms with Gasteiger partial charge in [-0.05, 0) is 6.92 Å². The van der Waals surface area contributed by atoms with E-state index in [1.54, 1.807) is 6.07 Å². The Morgan fingerprint density at radius 3 is 3.12 bits per heavy atom. The minimum atomic E-state index is -0.356. The smallest absolute Gasteiger partial charge is 0.277 e. The van der Waals surface area contributed by atoms with E-state index in [9.17, 15) is 4.79 Å². The van der Waals surface area contributed by atoms with Crippen molar-refractivity contribution in [1.29, 1.82) is 0 Å². The molecule has 7 heteroatoms. The van der Waals surface area contributed by atoms with Crippen LogP contribution >= 0.6 is 0 Å². The van der Waals surface area contributed by atoms with E-state index < -0.39 is 0 Å². The van der Waals surface area contributed by atoms with Crippen molar-refractivity contribution in [3.05, 3.63) is 24.2 Å². The summed E-state index contributed by atoms with van der Waals surface area (Å²) >= 11 is 0. The molecule has 3 N–H and O–H groups in total. The second-order valence-electron chi connectivity index (χ2n) is 3.10. The van der Waals surface area contributed by atoms with Gasteiger partial charge in [0.2, 0.25) is 0 Å². The minimum Gasteiger partial charge on any atom is -0.396 e. The summed E-state index contributed by atoms with van der Waals surface area (Å²) in [6.07, 6.45) is 2.82. The van der Waals surface area contributed by atoms with Crippen LogP contribution in [0.3, 0.4) is 0 Å². The monoisotopic (exact) mass is 221 g/mol. The fourth-order valence-electron chi connectivity index (χ4n) is 1.34. The first kappa shape index (κ1) is 10.2. The lowest BCUT2D eigenvalue weighted by Gasteiger charge is -2.04. The Kier molecular flexibility index (Phi) is 2.59. The summed E-state index contributed by atoms with van der Waals surface area (Å²) in [5.74, 6) is -0.0148. The van der Waals surface area contributed by atoms with Gasteiger partial charge in [0.05, 0.1) is 11.9 Å². The Bertz CT molecular complexity index is 488. The van der Waals surface area contributed by atoms with Crippen LogP contribution in [0.15, 0.2) is 23.0 Å². The highest BCUT2D eigenvalue weighted by Gasteiger charge is 2.16. The number of nitrogen functional groups attached to an aromatic ring is 1. The third-order valence-corrected chi connectivity index (χ3v) is 2.06. The van der Waals surface area contributed by atoms with Crippen molar-refractivity contribution < 1.29 is 9.32 Å². The molecule has 0 aromatic carbocycles. The number of hydrogen-bond acceptors (Lipinski definition) is 5.